The SMILES string of the molecule is C=C(C)CC1CC1.CC(CCN1CCC(c2nc(Cc3ccc(NS(C)(=O)=O)cc3)no2)CC1)c1ccccc1. The highest BCUT2D eigenvalue weighted by Gasteiger charge is 2.25. The Bertz CT molecular complexity index is 1310. The van der Waals surface area contributed by atoms with E-state index in [9.17, 15) is 8.42 Å². The maximum absolute atomic E-state index is 11.3. The molecule has 2 heterocycles. The zero-order chi connectivity index (χ0) is 28.5. The van der Waals surface area contributed by atoms with E-state index in [-0.39, 0.29) is 0 Å². The molecule has 1 N–H and O–H groups in total. The minimum atomic E-state index is -3.28. The van der Waals surface area contributed by atoms with Crippen LogP contribution in [0.15, 0.2) is 71.3 Å². The van der Waals surface area contributed by atoms with Crippen molar-refractivity contribution in [3.05, 3.63) is 89.6 Å². The van der Waals surface area contributed by atoms with Gasteiger partial charge >= 0.3 is 0 Å². The second-order valence-electron chi connectivity index (χ2n) is 11.6. The van der Waals surface area contributed by atoms with Crippen LogP contribution in [-0.2, 0) is 16.4 Å². The lowest BCUT2D eigenvalue weighted by Crippen LogP contribution is -2.34. The van der Waals surface area contributed by atoms with E-state index in [0.717, 1.165) is 62.5 Å². The Hall–Kier alpha value is -2.97. The van der Waals surface area contributed by atoms with E-state index in [1.54, 1.807) is 12.1 Å². The van der Waals surface area contributed by atoms with Crippen molar-refractivity contribution in [2.45, 2.75) is 70.6 Å². The largest absolute Gasteiger partial charge is 0.339 e. The molecule has 0 amide bonds. The number of piperidine rings is 1. The smallest absolute Gasteiger partial charge is 0.229 e. The number of rotatable bonds is 11. The summed E-state index contributed by atoms with van der Waals surface area (Å²) >= 11 is 0. The average molecular weight is 565 g/mol. The van der Waals surface area contributed by atoms with E-state index in [0.29, 0.717) is 29.8 Å². The summed E-state index contributed by atoms with van der Waals surface area (Å²) in [7, 11) is -3.28. The first-order valence-electron chi connectivity index (χ1n) is 14.5. The van der Waals surface area contributed by atoms with Gasteiger partial charge in [0.15, 0.2) is 5.82 Å². The molecule has 1 aliphatic heterocycles. The number of allylic oxidation sites excluding steroid dienone is 1. The Morgan fingerprint density at radius 1 is 1.07 bits per heavy atom. The van der Waals surface area contributed by atoms with E-state index in [4.69, 9.17) is 4.52 Å². The highest BCUT2D eigenvalue weighted by molar-refractivity contribution is 7.92. The summed E-state index contributed by atoms with van der Waals surface area (Å²) in [5.74, 6) is 3.30. The number of aromatic nitrogens is 2. The zero-order valence-corrected chi connectivity index (χ0v) is 25.0. The molecule has 40 heavy (non-hydrogen) atoms. The van der Waals surface area contributed by atoms with Gasteiger partial charge in [0.2, 0.25) is 15.9 Å². The molecule has 2 fully saturated rings. The van der Waals surface area contributed by atoms with Crippen molar-refractivity contribution in [2.24, 2.45) is 5.92 Å². The van der Waals surface area contributed by atoms with Crippen molar-refractivity contribution in [3.63, 3.8) is 0 Å². The first kappa shape index (κ1) is 30.0. The van der Waals surface area contributed by atoms with Crippen LogP contribution in [0.5, 0.6) is 0 Å². The Kier molecular flexibility index (Phi) is 10.6. The predicted octanol–water partition coefficient (Wildman–Crippen LogP) is 6.77. The summed E-state index contributed by atoms with van der Waals surface area (Å²) in [4.78, 5) is 7.18. The third kappa shape index (κ3) is 10.2. The highest BCUT2D eigenvalue weighted by atomic mass is 32.2. The number of nitrogens with one attached hydrogen (secondary N) is 1. The first-order valence-corrected chi connectivity index (χ1v) is 16.3. The molecule has 2 aliphatic rings. The number of sulfonamides is 1. The van der Waals surface area contributed by atoms with Gasteiger partial charge < -0.3 is 9.42 Å². The number of anilines is 1. The average Bonchev–Trinajstić information content (AvgIpc) is 3.61. The Balaban J connectivity index is 0.000000461. The maximum Gasteiger partial charge on any atom is 0.229 e. The molecule has 3 aromatic rings. The van der Waals surface area contributed by atoms with Gasteiger partial charge in [0.1, 0.15) is 0 Å². The van der Waals surface area contributed by atoms with Crippen LogP contribution >= 0.6 is 0 Å². The zero-order valence-electron chi connectivity index (χ0n) is 24.2. The Morgan fingerprint density at radius 2 is 1.75 bits per heavy atom. The molecule has 1 saturated heterocycles. The van der Waals surface area contributed by atoms with Crippen molar-refractivity contribution in [3.8, 4) is 0 Å². The molecule has 216 valence electrons. The molecule has 1 aliphatic carbocycles. The van der Waals surface area contributed by atoms with Crippen molar-refractivity contribution in [1.82, 2.24) is 15.0 Å². The number of hydrogen-bond acceptors (Lipinski definition) is 6. The molecule has 7 nitrogen and oxygen atoms in total. The highest BCUT2D eigenvalue weighted by Crippen LogP contribution is 2.34. The van der Waals surface area contributed by atoms with Crippen molar-refractivity contribution < 1.29 is 12.9 Å². The monoisotopic (exact) mass is 564 g/mol. The maximum atomic E-state index is 11.3. The van der Waals surface area contributed by atoms with Gasteiger partial charge in [0.25, 0.3) is 0 Å². The lowest BCUT2D eigenvalue weighted by molar-refractivity contribution is 0.189. The van der Waals surface area contributed by atoms with Crippen LogP contribution in [0.25, 0.3) is 0 Å². The molecule has 0 spiro atoms. The minimum absolute atomic E-state index is 0.315. The molecule has 2 aromatic carbocycles. The number of benzene rings is 2. The van der Waals surface area contributed by atoms with Crippen LogP contribution in [0, 0.1) is 5.92 Å². The van der Waals surface area contributed by atoms with Crippen LogP contribution in [0.4, 0.5) is 5.69 Å². The molecule has 0 bridgehead atoms. The van der Waals surface area contributed by atoms with Crippen molar-refractivity contribution >= 4 is 15.7 Å². The van der Waals surface area contributed by atoms with Crippen molar-refractivity contribution in [1.29, 1.82) is 0 Å². The summed E-state index contributed by atoms with van der Waals surface area (Å²) in [6.07, 6.45) is 9.11. The number of likely N-dealkylation sites (tertiary alicyclic amines) is 1. The molecular formula is C32H44N4O3S. The predicted molar refractivity (Wildman–Crippen MR) is 162 cm³/mol. The van der Waals surface area contributed by atoms with E-state index in [2.05, 4.69) is 70.5 Å². The second kappa shape index (κ2) is 14.1. The normalized spacial score (nSPS) is 17.1. The van der Waals surface area contributed by atoms with E-state index in [1.165, 1.54) is 30.4 Å². The van der Waals surface area contributed by atoms with Gasteiger partial charge in [-0.05, 0) is 100 Å². The summed E-state index contributed by atoms with van der Waals surface area (Å²) in [5, 5.41) is 4.17. The number of hydrogen-bond donors (Lipinski definition) is 1. The van der Waals surface area contributed by atoms with Crippen LogP contribution in [0.2, 0.25) is 0 Å². The minimum Gasteiger partial charge on any atom is -0.339 e. The van der Waals surface area contributed by atoms with Crippen molar-refractivity contribution in [2.75, 3.05) is 30.6 Å². The Labute approximate surface area is 240 Å². The molecule has 0 radical (unpaired) electrons. The fourth-order valence-electron chi connectivity index (χ4n) is 5.14. The van der Waals surface area contributed by atoms with Crippen LogP contribution in [0.1, 0.15) is 87.1 Å². The first-order chi connectivity index (χ1) is 19.1. The van der Waals surface area contributed by atoms with Crippen LogP contribution < -0.4 is 4.72 Å². The third-order valence-electron chi connectivity index (χ3n) is 7.62. The van der Waals surface area contributed by atoms with Gasteiger partial charge in [0, 0.05) is 18.0 Å². The quantitative estimate of drug-likeness (QED) is 0.259. The lowest BCUT2D eigenvalue weighted by Gasteiger charge is -2.31. The van der Waals surface area contributed by atoms with Gasteiger partial charge in [-0.3, -0.25) is 4.72 Å². The second-order valence-corrected chi connectivity index (χ2v) is 13.4. The van der Waals surface area contributed by atoms with Gasteiger partial charge in [-0.25, -0.2) is 8.42 Å². The fraction of sp³-hybridized carbons (Fsp3) is 0.500. The van der Waals surface area contributed by atoms with Crippen LogP contribution in [0.3, 0.4) is 0 Å². The molecule has 5 rings (SSSR count). The molecular weight excluding hydrogens is 520 g/mol. The molecule has 1 atom stereocenters. The summed E-state index contributed by atoms with van der Waals surface area (Å²) < 4.78 is 30.7. The topological polar surface area (TPSA) is 88.3 Å². The molecule has 8 heteroatoms. The standard InChI is InChI=1S/C25H32N4O3S.C7H12/c1-19(21-6-4-3-5-7-21)12-15-29-16-13-22(14-17-29)25-26-24(27-32-25)18-20-8-10-23(11-9-20)28-33(2,30)31;1-6(2)5-7-3-4-7/h3-11,19,22,28H,12-18H2,1-2H3;7H,1,3-5H2,2H3. The van der Waals surface area contributed by atoms with Crippen LogP contribution in [-0.4, -0.2) is 49.3 Å². The summed E-state index contributed by atoms with van der Waals surface area (Å²) in [5.41, 5.74) is 4.30. The van der Waals surface area contributed by atoms with Gasteiger partial charge in [0.05, 0.1) is 6.26 Å². The van der Waals surface area contributed by atoms with E-state index < -0.39 is 10.0 Å². The molecule has 1 unspecified atom stereocenters. The van der Waals surface area contributed by atoms with Gasteiger partial charge in [-0.1, -0.05) is 60.1 Å². The Morgan fingerprint density at radius 3 is 2.33 bits per heavy atom. The van der Waals surface area contributed by atoms with Gasteiger partial charge in [-0.15, -0.1) is 6.58 Å². The van der Waals surface area contributed by atoms with Gasteiger partial charge in [-0.2, -0.15) is 4.98 Å². The lowest BCUT2D eigenvalue weighted by atomic mass is 9.94. The summed E-state index contributed by atoms with van der Waals surface area (Å²) in [6.45, 7) is 11.5. The van der Waals surface area contributed by atoms with E-state index in [1.807, 2.05) is 12.1 Å². The third-order valence-corrected chi connectivity index (χ3v) is 8.23. The fourth-order valence-corrected chi connectivity index (χ4v) is 5.70. The number of nitrogens with zero attached hydrogens (tertiary/aromatic N) is 3. The molecule has 1 saturated carbocycles. The van der Waals surface area contributed by atoms with E-state index >= 15 is 0 Å². The molecule has 1 aromatic heterocycles. The summed E-state index contributed by atoms with van der Waals surface area (Å²) in [6, 6.07) is 18.0.